The molecule has 0 saturated carbocycles. The lowest BCUT2D eigenvalue weighted by atomic mass is 10.2. The number of rotatable bonds is 1. The molecule has 0 radical (unpaired) electrons. The SMILES string of the molecule is CN1CCN(n2ncc3ccc(N)cc32)CC1. The van der Waals surface area contributed by atoms with Crippen LogP contribution in [0.25, 0.3) is 10.9 Å². The van der Waals surface area contributed by atoms with Crippen molar-refractivity contribution in [1.29, 1.82) is 0 Å². The molecule has 3 rings (SSSR count). The number of nitrogen functional groups attached to an aromatic ring is 1. The molecule has 2 N–H and O–H groups in total. The van der Waals surface area contributed by atoms with Crippen LogP contribution in [0, 0.1) is 0 Å². The maximum Gasteiger partial charge on any atom is 0.0941 e. The Morgan fingerprint density at radius 1 is 1.18 bits per heavy atom. The smallest absolute Gasteiger partial charge is 0.0941 e. The van der Waals surface area contributed by atoms with Crippen LogP contribution in [0.1, 0.15) is 0 Å². The molecule has 2 heterocycles. The Bertz CT molecular complexity index is 525. The summed E-state index contributed by atoms with van der Waals surface area (Å²) in [4.78, 5) is 4.31. The second-order valence-electron chi connectivity index (χ2n) is 4.61. The number of hydrogen-bond donors (Lipinski definition) is 1. The van der Waals surface area contributed by atoms with Crippen molar-refractivity contribution in [2.24, 2.45) is 0 Å². The molecule has 90 valence electrons. The number of aromatic nitrogens is 2. The van der Waals surface area contributed by atoms with Gasteiger partial charge in [0.2, 0.25) is 0 Å². The van der Waals surface area contributed by atoms with E-state index in [9.17, 15) is 0 Å². The maximum atomic E-state index is 5.84. The molecule has 1 saturated heterocycles. The molecule has 0 spiro atoms. The van der Waals surface area contributed by atoms with Gasteiger partial charge in [0.05, 0.1) is 11.7 Å². The minimum Gasteiger partial charge on any atom is -0.399 e. The summed E-state index contributed by atoms with van der Waals surface area (Å²) in [7, 11) is 2.15. The van der Waals surface area contributed by atoms with Crippen molar-refractivity contribution < 1.29 is 0 Å². The van der Waals surface area contributed by atoms with Crippen LogP contribution < -0.4 is 10.7 Å². The molecule has 5 nitrogen and oxygen atoms in total. The number of fused-ring (bicyclic) bond motifs is 1. The van der Waals surface area contributed by atoms with Crippen LogP contribution in [0.2, 0.25) is 0 Å². The monoisotopic (exact) mass is 231 g/mol. The highest BCUT2D eigenvalue weighted by Crippen LogP contribution is 2.17. The first-order valence-corrected chi connectivity index (χ1v) is 5.91. The third-order valence-corrected chi connectivity index (χ3v) is 3.32. The average molecular weight is 231 g/mol. The topological polar surface area (TPSA) is 50.3 Å². The highest BCUT2D eigenvalue weighted by molar-refractivity contribution is 5.82. The summed E-state index contributed by atoms with van der Waals surface area (Å²) in [5.41, 5.74) is 7.71. The number of likely N-dealkylation sites (N-methyl/N-ethyl adjacent to an activating group) is 1. The standard InChI is InChI=1S/C12H17N5/c1-15-4-6-16(7-5-15)17-12-8-11(13)3-2-10(12)9-14-17/h2-3,8-9H,4-7,13H2,1H3. The van der Waals surface area contributed by atoms with Gasteiger partial charge in [0, 0.05) is 37.3 Å². The summed E-state index contributed by atoms with van der Waals surface area (Å²) in [6.07, 6.45) is 1.90. The Balaban J connectivity index is 1.97. The van der Waals surface area contributed by atoms with Crippen molar-refractivity contribution in [3.63, 3.8) is 0 Å². The molecule has 5 heteroatoms. The van der Waals surface area contributed by atoms with E-state index in [1.165, 1.54) is 0 Å². The molecule has 1 aliphatic heterocycles. The second kappa shape index (κ2) is 3.92. The Morgan fingerprint density at radius 2 is 1.94 bits per heavy atom. The third kappa shape index (κ3) is 1.82. The highest BCUT2D eigenvalue weighted by atomic mass is 15.7. The predicted octanol–water partition coefficient (Wildman–Crippen LogP) is 0.502. The fourth-order valence-corrected chi connectivity index (χ4v) is 2.23. The summed E-state index contributed by atoms with van der Waals surface area (Å²) in [5, 5.41) is 7.86. The normalized spacial score (nSPS) is 17.8. The van der Waals surface area contributed by atoms with Crippen molar-refractivity contribution in [2.75, 3.05) is 44.0 Å². The molecule has 1 aliphatic rings. The first-order chi connectivity index (χ1) is 8.24. The van der Waals surface area contributed by atoms with Gasteiger partial charge in [-0.3, -0.25) is 5.01 Å². The number of nitrogens with two attached hydrogens (primary N) is 1. The van der Waals surface area contributed by atoms with Crippen LogP contribution in [-0.2, 0) is 0 Å². The van der Waals surface area contributed by atoms with Crippen molar-refractivity contribution in [2.45, 2.75) is 0 Å². The molecule has 0 aliphatic carbocycles. The van der Waals surface area contributed by atoms with Gasteiger partial charge >= 0.3 is 0 Å². The van der Waals surface area contributed by atoms with E-state index in [0.29, 0.717) is 0 Å². The summed E-state index contributed by atoms with van der Waals surface area (Å²) in [6.45, 7) is 4.15. The Morgan fingerprint density at radius 3 is 2.71 bits per heavy atom. The summed E-state index contributed by atoms with van der Waals surface area (Å²) in [6, 6.07) is 5.92. The van der Waals surface area contributed by atoms with Crippen molar-refractivity contribution in [3.05, 3.63) is 24.4 Å². The van der Waals surface area contributed by atoms with Crippen molar-refractivity contribution in [1.82, 2.24) is 14.8 Å². The molecular formula is C12H17N5. The Hall–Kier alpha value is -1.75. The Labute approximate surface area is 100 Å². The van der Waals surface area contributed by atoms with E-state index in [1.807, 2.05) is 29.2 Å². The molecule has 1 aromatic carbocycles. The van der Waals surface area contributed by atoms with Crippen LogP contribution >= 0.6 is 0 Å². The summed E-state index contributed by atoms with van der Waals surface area (Å²) < 4.78 is 0. The zero-order chi connectivity index (χ0) is 11.8. The van der Waals surface area contributed by atoms with Gasteiger partial charge in [-0.2, -0.15) is 9.89 Å². The quantitative estimate of drug-likeness (QED) is 0.726. The third-order valence-electron chi connectivity index (χ3n) is 3.32. The van der Waals surface area contributed by atoms with Crippen molar-refractivity contribution in [3.8, 4) is 0 Å². The molecular weight excluding hydrogens is 214 g/mol. The number of piperazine rings is 1. The van der Waals surface area contributed by atoms with Gasteiger partial charge in [-0.25, -0.2) is 0 Å². The van der Waals surface area contributed by atoms with Crippen LogP contribution in [0.15, 0.2) is 24.4 Å². The van der Waals surface area contributed by atoms with E-state index in [0.717, 1.165) is 42.8 Å². The molecule has 2 aromatic rings. The number of hydrogen-bond acceptors (Lipinski definition) is 4. The maximum absolute atomic E-state index is 5.84. The van der Waals surface area contributed by atoms with Crippen LogP contribution in [-0.4, -0.2) is 48.0 Å². The first-order valence-electron chi connectivity index (χ1n) is 5.91. The highest BCUT2D eigenvalue weighted by Gasteiger charge is 2.16. The van der Waals surface area contributed by atoms with E-state index in [1.54, 1.807) is 0 Å². The molecule has 17 heavy (non-hydrogen) atoms. The zero-order valence-electron chi connectivity index (χ0n) is 10.0. The van der Waals surface area contributed by atoms with E-state index in [4.69, 9.17) is 5.73 Å². The van der Waals surface area contributed by atoms with Crippen LogP contribution in [0.5, 0.6) is 0 Å². The molecule has 0 atom stereocenters. The van der Waals surface area contributed by atoms with Crippen LogP contribution in [0.3, 0.4) is 0 Å². The lowest BCUT2D eigenvalue weighted by Gasteiger charge is -2.33. The average Bonchev–Trinajstić information content (AvgIpc) is 2.73. The van der Waals surface area contributed by atoms with Gasteiger partial charge in [-0.05, 0) is 25.2 Å². The Kier molecular flexibility index (Phi) is 2.40. The van der Waals surface area contributed by atoms with Gasteiger partial charge in [-0.15, -0.1) is 0 Å². The molecule has 0 unspecified atom stereocenters. The van der Waals surface area contributed by atoms with E-state index in [2.05, 4.69) is 22.1 Å². The number of nitrogens with zero attached hydrogens (tertiary/aromatic N) is 4. The number of benzene rings is 1. The lowest BCUT2D eigenvalue weighted by molar-refractivity contribution is 0.283. The first kappa shape index (κ1) is 10.4. The van der Waals surface area contributed by atoms with E-state index < -0.39 is 0 Å². The van der Waals surface area contributed by atoms with Crippen molar-refractivity contribution >= 4 is 16.6 Å². The van der Waals surface area contributed by atoms with Gasteiger partial charge in [0.15, 0.2) is 0 Å². The number of anilines is 1. The molecule has 1 aromatic heterocycles. The summed E-state index contributed by atoms with van der Waals surface area (Å²) >= 11 is 0. The minimum absolute atomic E-state index is 0.786. The largest absolute Gasteiger partial charge is 0.399 e. The van der Waals surface area contributed by atoms with Gasteiger partial charge < -0.3 is 10.6 Å². The predicted molar refractivity (Wildman–Crippen MR) is 69.6 cm³/mol. The summed E-state index contributed by atoms with van der Waals surface area (Å²) in [5.74, 6) is 0. The fraction of sp³-hybridized carbons (Fsp3) is 0.417. The molecule has 0 amide bonds. The zero-order valence-corrected chi connectivity index (χ0v) is 10.0. The molecule has 1 fully saturated rings. The van der Waals surface area contributed by atoms with Gasteiger partial charge in [-0.1, -0.05) is 0 Å². The van der Waals surface area contributed by atoms with Crippen LogP contribution in [0.4, 0.5) is 5.69 Å². The van der Waals surface area contributed by atoms with E-state index in [-0.39, 0.29) is 0 Å². The minimum atomic E-state index is 0.786. The van der Waals surface area contributed by atoms with Gasteiger partial charge in [0.1, 0.15) is 0 Å². The fourth-order valence-electron chi connectivity index (χ4n) is 2.23. The second-order valence-corrected chi connectivity index (χ2v) is 4.61. The lowest BCUT2D eigenvalue weighted by Crippen LogP contribution is -2.50. The molecule has 0 bridgehead atoms. The van der Waals surface area contributed by atoms with E-state index >= 15 is 0 Å². The van der Waals surface area contributed by atoms with Gasteiger partial charge in [0.25, 0.3) is 0 Å².